The van der Waals surface area contributed by atoms with Crippen LogP contribution in [0.25, 0.3) is 0 Å². The molecule has 0 aromatic heterocycles. The number of carbonyl (C=O) groups excluding carboxylic acids is 3. The maximum atomic E-state index is 12.3. The number of nitro groups is 1. The second-order valence-corrected chi connectivity index (χ2v) is 8.31. The van der Waals surface area contributed by atoms with Crippen LogP contribution in [0.4, 0.5) is 17.1 Å². The molecular weight excluding hydrogens is 470 g/mol. The Morgan fingerprint density at radius 2 is 1.60 bits per heavy atom. The van der Waals surface area contributed by atoms with Crippen molar-refractivity contribution in [2.45, 2.75) is 23.6 Å². The van der Waals surface area contributed by atoms with Gasteiger partial charge < -0.3 is 10.6 Å². The molecule has 0 radical (unpaired) electrons. The van der Waals surface area contributed by atoms with Gasteiger partial charge in [0.25, 0.3) is 11.6 Å². The molecule has 0 unspecified atom stereocenters. The molecule has 0 atom stereocenters. The Balaban J connectivity index is 1.72. The monoisotopic (exact) mass is 491 g/mol. The highest BCUT2D eigenvalue weighted by atomic mass is 32.2. The van der Waals surface area contributed by atoms with E-state index in [1.54, 1.807) is 48.5 Å². The molecule has 3 amide bonds. The fourth-order valence-electron chi connectivity index (χ4n) is 2.95. The van der Waals surface area contributed by atoms with Crippen molar-refractivity contribution in [3.8, 4) is 0 Å². The van der Waals surface area contributed by atoms with Crippen molar-refractivity contribution < 1.29 is 19.3 Å². The summed E-state index contributed by atoms with van der Waals surface area (Å²) in [6.45, 7) is 2.77. The Kier molecular flexibility index (Phi) is 8.30. The zero-order chi connectivity index (χ0) is 25.4. The van der Waals surface area contributed by atoms with Gasteiger partial charge in [-0.15, -0.1) is 0 Å². The number of anilines is 2. The maximum absolute atomic E-state index is 12.3. The minimum absolute atomic E-state index is 0.142. The van der Waals surface area contributed by atoms with E-state index in [1.165, 1.54) is 38.3 Å². The highest BCUT2D eigenvalue weighted by Crippen LogP contribution is 2.38. The van der Waals surface area contributed by atoms with E-state index in [9.17, 15) is 24.5 Å². The van der Waals surface area contributed by atoms with E-state index >= 15 is 0 Å². The molecule has 0 aliphatic carbocycles. The normalized spacial score (nSPS) is 10.6. The molecule has 0 aliphatic heterocycles. The fourth-order valence-corrected chi connectivity index (χ4v) is 3.94. The summed E-state index contributed by atoms with van der Waals surface area (Å²) in [5.41, 5.74) is 4.07. The number of carbonyl (C=O) groups is 3. The number of hydrazone groups is 1. The summed E-state index contributed by atoms with van der Waals surface area (Å²) in [7, 11) is 0. The molecule has 3 aromatic carbocycles. The average Bonchev–Trinajstić information content (AvgIpc) is 2.80. The highest BCUT2D eigenvalue weighted by molar-refractivity contribution is 7.99. The van der Waals surface area contributed by atoms with Crippen molar-refractivity contribution >= 4 is 52.8 Å². The maximum Gasteiger partial charge on any atom is 0.283 e. The molecule has 0 heterocycles. The number of amides is 3. The molecular formula is C24H21N5O5S. The summed E-state index contributed by atoms with van der Waals surface area (Å²) < 4.78 is 0. The van der Waals surface area contributed by atoms with Crippen LogP contribution in [0.1, 0.15) is 29.8 Å². The molecule has 35 heavy (non-hydrogen) atoms. The third kappa shape index (κ3) is 7.24. The number of benzene rings is 3. The standard InChI is InChI=1S/C24H21N5O5S/c1-15(30)26-19-10-8-18(9-11-19)24(32)28-25-14-17-7-12-23(21(13-17)29(33)34)35-22-6-4-3-5-20(22)27-16(2)31/h3-14H,1-2H3,(H,26,30)(H,27,31)(H,28,32)/b25-14+. The Bertz CT molecular complexity index is 1310. The Labute approximate surface area is 205 Å². The van der Waals surface area contributed by atoms with E-state index in [0.717, 1.165) is 11.8 Å². The predicted molar refractivity (Wildman–Crippen MR) is 134 cm³/mol. The second-order valence-electron chi connectivity index (χ2n) is 7.22. The van der Waals surface area contributed by atoms with Crippen LogP contribution in [0.3, 0.4) is 0 Å². The quantitative estimate of drug-likeness (QED) is 0.242. The molecule has 0 aliphatic rings. The first kappa shape index (κ1) is 25.1. The largest absolute Gasteiger partial charge is 0.326 e. The minimum Gasteiger partial charge on any atom is -0.326 e. The van der Waals surface area contributed by atoms with Crippen LogP contribution in [0.5, 0.6) is 0 Å². The van der Waals surface area contributed by atoms with E-state index in [-0.39, 0.29) is 17.5 Å². The Hall–Kier alpha value is -4.51. The molecule has 3 N–H and O–H groups in total. The number of hydrogen-bond donors (Lipinski definition) is 3. The number of nitro benzene ring substituents is 1. The zero-order valence-electron chi connectivity index (χ0n) is 18.8. The molecule has 0 bridgehead atoms. The van der Waals surface area contributed by atoms with Crippen molar-refractivity contribution in [1.29, 1.82) is 0 Å². The molecule has 0 saturated heterocycles. The van der Waals surface area contributed by atoms with Gasteiger partial charge in [-0.2, -0.15) is 5.10 Å². The predicted octanol–water partition coefficient (Wildman–Crippen LogP) is 4.43. The van der Waals surface area contributed by atoms with E-state index in [2.05, 4.69) is 21.2 Å². The first-order valence-electron chi connectivity index (χ1n) is 10.3. The first-order valence-corrected chi connectivity index (χ1v) is 11.1. The lowest BCUT2D eigenvalue weighted by molar-refractivity contribution is -0.387. The van der Waals surface area contributed by atoms with Gasteiger partial charge in [0, 0.05) is 41.6 Å². The van der Waals surface area contributed by atoms with Gasteiger partial charge >= 0.3 is 0 Å². The van der Waals surface area contributed by atoms with E-state index in [1.807, 2.05) is 0 Å². The number of nitrogens with zero attached hydrogens (tertiary/aromatic N) is 2. The number of hydrogen-bond acceptors (Lipinski definition) is 7. The molecule has 0 spiro atoms. The van der Waals surface area contributed by atoms with Crippen LogP contribution in [-0.2, 0) is 9.59 Å². The summed E-state index contributed by atoms with van der Waals surface area (Å²) in [6.07, 6.45) is 1.30. The smallest absolute Gasteiger partial charge is 0.283 e. The Morgan fingerprint density at radius 3 is 2.26 bits per heavy atom. The van der Waals surface area contributed by atoms with E-state index in [0.29, 0.717) is 32.3 Å². The summed E-state index contributed by atoms with van der Waals surface area (Å²) in [4.78, 5) is 47.0. The van der Waals surface area contributed by atoms with Gasteiger partial charge in [0.1, 0.15) is 0 Å². The minimum atomic E-state index is -0.504. The van der Waals surface area contributed by atoms with Gasteiger partial charge in [-0.3, -0.25) is 24.5 Å². The van der Waals surface area contributed by atoms with Crippen molar-refractivity contribution in [3.63, 3.8) is 0 Å². The first-order chi connectivity index (χ1) is 16.7. The fraction of sp³-hybridized carbons (Fsp3) is 0.0833. The van der Waals surface area contributed by atoms with Gasteiger partial charge in [0.2, 0.25) is 11.8 Å². The average molecular weight is 492 g/mol. The molecule has 11 heteroatoms. The van der Waals surface area contributed by atoms with Crippen LogP contribution < -0.4 is 16.1 Å². The molecule has 0 fully saturated rings. The second kappa shape index (κ2) is 11.6. The topological polar surface area (TPSA) is 143 Å². The molecule has 3 rings (SSSR count). The molecule has 3 aromatic rings. The van der Waals surface area contributed by atoms with Gasteiger partial charge in [-0.1, -0.05) is 30.0 Å². The lowest BCUT2D eigenvalue weighted by Crippen LogP contribution is -2.17. The lowest BCUT2D eigenvalue weighted by atomic mass is 10.2. The summed E-state index contributed by atoms with van der Waals surface area (Å²) >= 11 is 1.15. The molecule has 10 nitrogen and oxygen atoms in total. The van der Waals surface area contributed by atoms with Gasteiger partial charge in [0.05, 0.1) is 21.7 Å². The number of rotatable bonds is 8. The molecule has 178 valence electrons. The van der Waals surface area contributed by atoms with Crippen molar-refractivity contribution in [2.75, 3.05) is 10.6 Å². The van der Waals surface area contributed by atoms with Crippen LogP contribution in [-0.4, -0.2) is 28.9 Å². The number of para-hydroxylation sites is 1. The summed E-state index contributed by atoms with van der Waals surface area (Å²) in [6, 6.07) is 17.8. The van der Waals surface area contributed by atoms with Crippen molar-refractivity contribution in [1.82, 2.24) is 5.43 Å². The summed E-state index contributed by atoms with van der Waals surface area (Å²) in [5, 5.41) is 20.9. The number of nitrogens with one attached hydrogen (secondary N) is 3. The van der Waals surface area contributed by atoms with Crippen LogP contribution in [0.15, 0.2) is 81.6 Å². The Morgan fingerprint density at radius 1 is 0.914 bits per heavy atom. The van der Waals surface area contributed by atoms with Crippen molar-refractivity contribution in [3.05, 3.63) is 88.0 Å². The van der Waals surface area contributed by atoms with Crippen LogP contribution in [0, 0.1) is 10.1 Å². The van der Waals surface area contributed by atoms with E-state index in [4.69, 9.17) is 0 Å². The van der Waals surface area contributed by atoms with E-state index < -0.39 is 10.8 Å². The SMILES string of the molecule is CC(=O)Nc1ccc(C(=O)N/N=C/c2ccc(Sc3ccccc3NC(C)=O)c([N+](=O)[O-])c2)cc1. The van der Waals surface area contributed by atoms with Crippen molar-refractivity contribution in [2.24, 2.45) is 5.10 Å². The van der Waals surface area contributed by atoms with Gasteiger partial charge in [-0.25, -0.2) is 5.43 Å². The lowest BCUT2D eigenvalue weighted by Gasteiger charge is -2.10. The summed E-state index contributed by atoms with van der Waals surface area (Å²) in [5.74, 6) is -0.945. The van der Waals surface area contributed by atoms with Gasteiger partial charge in [-0.05, 0) is 42.5 Å². The molecule has 0 saturated carbocycles. The van der Waals surface area contributed by atoms with Gasteiger partial charge in [0.15, 0.2) is 0 Å². The third-order valence-corrected chi connectivity index (χ3v) is 5.59. The van der Waals surface area contributed by atoms with Crippen LogP contribution >= 0.6 is 11.8 Å². The van der Waals surface area contributed by atoms with Crippen LogP contribution in [0.2, 0.25) is 0 Å². The highest BCUT2D eigenvalue weighted by Gasteiger charge is 2.17. The zero-order valence-corrected chi connectivity index (χ0v) is 19.6. The third-order valence-electron chi connectivity index (χ3n) is 4.44.